The summed E-state index contributed by atoms with van der Waals surface area (Å²) >= 11 is 0. The van der Waals surface area contributed by atoms with Gasteiger partial charge in [0, 0.05) is 18.9 Å². The number of amides is 2. The summed E-state index contributed by atoms with van der Waals surface area (Å²) < 4.78 is 16.2. The Morgan fingerprint density at radius 1 is 1.00 bits per heavy atom. The van der Waals surface area contributed by atoms with E-state index in [0.717, 1.165) is 5.56 Å². The van der Waals surface area contributed by atoms with E-state index in [1.54, 1.807) is 18.2 Å². The minimum absolute atomic E-state index is 0.0504. The number of rotatable bonds is 6. The maximum atomic E-state index is 13.1. The van der Waals surface area contributed by atoms with Crippen LogP contribution >= 0.6 is 0 Å². The van der Waals surface area contributed by atoms with Crippen molar-refractivity contribution in [2.24, 2.45) is 7.05 Å². The summed E-state index contributed by atoms with van der Waals surface area (Å²) in [5.41, 5.74) is 0.349. The van der Waals surface area contributed by atoms with Gasteiger partial charge in [0.15, 0.2) is 0 Å². The topological polar surface area (TPSA) is 113 Å². The highest BCUT2D eigenvalue weighted by atomic mass is 16.8. The number of carbonyl (C=O) groups excluding carboxylic acids is 3. The van der Waals surface area contributed by atoms with Crippen LogP contribution in [0.25, 0.3) is 10.9 Å². The number of methoxy groups -OCH3 is 1. The van der Waals surface area contributed by atoms with Gasteiger partial charge in [0.25, 0.3) is 5.56 Å². The van der Waals surface area contributed by atoms with E-state index in [-0.39, 0.29) is 18.3 Å². The molecule has 1 heterocycles. The van der Waals surface area contributed by atoms with Gasteiger partial charge < -0.3 is 18.8 Å². The molecule has 0 fully saturated rings. The van der Waals surface area contributed by atoms with Crippen molar-refractivity contribution in [3.05, 3.63) is 76.1 Å². The van der Waals surface area contributed by atoms with Crippen molar-refractivity contribution in [1.29, 1.82) is 0 Å². The van der Waals surface area contributed by atoms with E-state index in [2.05, 4.69) is 0 Å². The molecule has 0 radical (unpaired) electrons. The minimum atomic E-state index is -1.29. The number of aryl methyl sites for hydroxylation is 1. The van der Waals surface area contributed by atoms with E-state index in [1.165, 1.54) is 31.7 Å². The van der Waals surface area contributed by atoms with Crippen molar-refractivity contribution in [2.45, 2.75) is 13.3 Å². The number of fused-ring (bicyclic) bond motifs is 1. The molecule has 2 amide bonds. The lowest BCUT2D eigenvalue weighted by Gasteiger charge is -2.18. The second kappa shape index (κ2) is 11.0. The number of nitrogens with zero attached hydrogens (tertiary/aromatic N) is 2. The Hall–Kier alpha value is -4.34. The fraction of sp³-hybridized carbons (Fsp3) is 0.250. The first-order valence-electron chi connectivity index (χ1n) is 10.4. The first kappa shape index (κ1) is 24.3. The number of carbonyl (C=O) groups is 3. The van der Waals surface area contributed by atoms with Gasteiger partial charge in [-0.25, -0.2) is 9.59 Å². The van der Waals surface area contributed by atoms with Gasteiger partial charge in [0.1, 0.15) is 11.3 Å². The molecule has 10 nitrogen and oxygen atoms in total. The van der Waals surface area contributed by atoms with Crippen molar-refractivity contribution in [3.63, 3.8) is 0 Å². The standard InChI is InChI=1S/C24H24N2O8/c1-4-32-23(29)26(34-24(30)33-13-12-16-8-6-5-7-9-16)22(28)19-15-17-14-18(31-3)10-11-20(17)25(2)21(19)27/h5-11,14-15H,4,12-13H2,1-3H3. The zero-order valence-corrected chi connectivity index (χ0v) is 19.0. The van der Waals surface area contributed by atoms with Crippen LogP contribution in [0.5, 0.6) is 5.75 Å². The number of pyridine rings is 1. The lowest BCUT2D eigenvalue weighted by molar-refractivity contribution is -0.0864. The highest BCUT2D eigenvalue weighted by molar-refractivity contribution is 6.04. The minimum Gasteiger partial charge on any atom is -0.497 e. The summed E-state index contributed by atoms with van der Waals surface area (Å²) in [7, 11) is 2.95. The van der Waals surface area contributed by atoms with Gasteiger partial charge in [-0.05, 0) is 36.8 Å². The van der Waals surface area contributed by atoms with Crippen molar-refractivity contribution in [2.75, 3.05) is 20.3 Å². The average Bonchev–Trinajstić information content (AvgIpc) is 2.84. The maximum Gasteiger partial charge on any atom is 0.534 e. The van der Waals surface area contributed by atoms with E-state index in [4.69, 9.17) is 19.0 Å². The molecule has 2 aromatic carbocycles. The third kappa shape index (κ3) is 5.52. The average molecular weight is 468 g/mol. The molecule has 0 aliphatic rings. The molecule has 178 valence electrons. The second-order valence-electron chi connectivity index (χ2n) is 7.07. The maximum absolute atomic E-state index is 13.1. The number of benzene rings is 2. The number of aromatic nitrogens is 1. The Kier molecular flexibility index (Phi) is 7.86. The zero-order valence-electron chi connectivity index (χ0n) is 19.0. The van der Waals surface area contributed by atoms with Crippen LogP contribution in [-0.4, -0.2) is 48.1 Å². The second-order valence-corrected chi connectivity index (χ2v) is 7.07. The van der Waals surface area contributed by atoms with Crippen LogP contribution in [0, 0.1) is 0 Å². The molecule has 0 N–H and O–H groups in total. The van der Waals surface area contributed by atoms with Crippen LogP contribution in [0.15, 0.2) is 59.4 Å². The zero-order chi connectivity index (χ0) is 24.7. The number of hydrogen-bond acceptors (Lipinski definition) is 8. The highest BCUT2D eigenvalue weighted by Gasteiger charge is 2.32. The number of hydroxylamine groups is 2. The molecule has 0 saturated carbocycles. The summed E-state index contributed by atoms with van der Waals surface area (Å²) in [6.45, 7) is 1.37. The molecule has 34 heavy (non-hydrogen) atoms. The molecule has 10 heteroatoms. The monoisotopic (exact) mass is 468 g/mol. The highest BCUT2D eigenvalue weighted by Crippen LogP contribution is 2.21. The molecular formula is C24H24N2O8. The predicted octanol–water partition coefficient (Wildman–Crippen LogP) is 3.46. The fourth-order valence-electron chi connectivity index (χ4n) is 3.19. The summed E-state index contributed by atoms with van der Waals surface area (Å²) in [4.78, 5) is 55.4. The molecule has 1 aromatic heterocycles. The molecule has 3 aromatic rings. The molecule has 0 unspecified atom stereocenters. The number of ether oxygens (including phenoxy) is 3. The molecule has 0 aliphatic heterocycles. The Balaban J connectivity index is 1.84. The van der Waals surface area contributed by atoms with Crippen LogP contribution in [0.2, 0.25) is 0 Å². The number of imide groups is 1. The molecule has 0 saturated heterocycles. The normalized spacial score (nSPS) is 10.4. The van der Waals surface area contributed by atoms with E-state index in [9.17, 15) is 19.2 Å². The third-order valence-electron chi connectivity index (χ3n) is 4.90. The van der Waals surface area contributed by atoms with Gasteiger partial charge in [0.05, 0.1) is 25.8 Å². The van der Waals surface area contributed by atoms with Crippen molar-refractivity contribution in [1.82, 2.24) is 9.63 Å². The Labute approximate surface area is 195 Å². The van der Waals surface area contributed by atoms with E-state index in [1.807, 2.05) is 30.3 Å². The Bertz CT molecular complexity index is 1250. The first-order chi connectivity index (χ1) is 16.3. The summed E-state index contributed by atoms with van der Waals surface area (Å²) in [6.07, 6.45) is -2.16. The molecule has 3 rings (SSSR count). The van der Waals surface area contributed by atoms with Crippen LogP contribution in [0.3, 0.4) is 0 Å². The lowest BCUT2D eigenvalue weighted by atomic mass is 10.1. The van der Waals surface area contributed by atoms with Gasteiger partial charge in [-0.15, -0.1) is 0 Å². The summed E-state index contributed by atoms with van der Waals surface area (Å²) in [5, 5.41) is 0.580. The predicted molar refractivity (Wildman–Crippen MR) is 122 cm³/mol. The molecule has 0 bridgehead atoms. The van der Waals surface area contributed by atoms with E-state index in [0.29, 0.717) is 23.1 Å². The SMILES string of the molecule is CCOC(=O)N(OC(=O)OCCc1ccccc1)C(=O)c1cc2cc(OC)ccc2n(C)c1=O. The number of hydrogen-bond donors (Lipinski definition) is 0. The molecule has 0 spiro atoms. The van der Waals surface area contributed by atoms with Crippen LogP contribution in [-0.2, 0) is 27.8 Å². The van der Waals surface area contributed by atoms with Gasteiger partial charge in [-0.1, -0.05) is 35.4 Å². The van der Waals surface area contributed by atoms with Gasteiger partial charge >= 0.3 is 18.2 Å². The molecular weight excluding hydrogens is 444 g/mol. The van der Waals surface area contributed by atoms with E-state index >= 15 is 0 Å². The van der Waals surface area contributed by atoms with Crippen molar-refractivity contribution in [3.8, 4) is 5.75 Å². The first-order valence-corrected chi connectivity index (χ1v) is 10.4. The molecule has 0 aliphatic carbocycles. The summed E-state index contributed by atoms with van der Waals surface area (Å²) in [6, 6.07) is 15.5. The smallest absolute Gasteiger partial charge is 0.497 e. The van der Waals surface area contributed by atoms with E-state index < -0.39 is 29.3 Å². The lowest BCUT2D eigenvalue weighted by Crippen LogP contribution is -2.42. The molecule has 0 atom stereocenters. The van der Waals surface area contributed by atoms with Crippen molar-refractivity contribution < 1.29 is 33.4 Å². The summed E-state index contributed by atoms with van der Waals surface area (Å²) in [5.74, 6) is -0.672. The Morgan fingerprint density at radius 2 is 1.74 bits per heavy atom. The van der Waals surface area contributed by atoms with Crippen LogP contribution in [0.1, 0.15) is 22.8 Å². The largest absolute Gasteiger partial charge is 0.534 e. The van der Waals surface area contributed by atoms with Crippen LogP contribution in [0.4, 0.5) is 9.59 Å². The van der Waals surface area contributed by atoms with Gasteiger partial charge in [0.2, 0.25) is 0 Å². The van der Waals surface area contributed by atoms with Gasteiger partial charge in [-0.3, -0.25) is 14.4 Å². The third-order valence-corrected chi connectivity index (χ3v) is 4.90. The quantitative estimate of drug-likeness (QED) is 0.399. The Morgan fingerprint density at radius 3 is 2.41 bits per heavy atom. The van der Waals surface area contributed by atoms with Crippen LogP contribution < -0.4 is 10.3 Å². The fourth-order valence-corrected chi connectivity index (χ4v) is 3.19. The van der Waals surface area contributed by atoms with Gasteiger partial charge in [-0.2, -0.15) is 0 Å². The van der Waals surface area contributed by atoms with Crippen molar-refractivity contribution >= 4 is 29.1 Å².